The third kappa shape index (κ3) is 4.18. The normalized spacial score (nSPS) is 37.7. The number of carbonyl (C=O) groups excluding carboxylic acids is 1. The van der Waals surface area contributed by atoms with E-state index < -0.39 is 5.60 Å². The molecule has 1 aliphatic carbocycles. The van der Waals surface area contributed by atoms with Crippen molar-refractivity contribution in [3.05, 3.63) is 0 Å². The number of piperidine rings is 1. The third-order valence-electron chi connectivity index (χ3n) is 5.32. The molecule has 5 heteroatoms. The fraction of sp³-hybridized carbons (Fsp3) is 0.944. The van der Waals surface area contributed by atoms with Crippen LogP contribution in [0.25, 0.3) is 0 Å². The highest BCUT2D eigenvalue weighted by atomic mass is 16.6. The van der Waals surface area contributed by atoms with Gasteiger partial charge in [-0.1, -0.05) is 0 Å². The van der Waals surface area contributed by atoms with Crippen LogP contribution in [0, 0.1) is 0 Å². The molecule has 2 saturated heterocycles. The Morgan fingerprint density at radius 3 is 2.04 bits per heavy atom. The van der Waals surface area contributed by atoms with Gasteiger partial charge in [-0.2, -0.15) is 0 Å². The molecule has 2 heterocycles. The summed E-state index contributed by atoms with van der Waals surface area (Å²) in [7, 11) is 0. The Hall–Kier alpha value is -0.810. The van der Waals surface area contributed by atoms with Crippen molar-refractivity contribution in [3.8, 4) is 0 Å². The number of fused-ring (bicyclic) bond motifs is 2. The quantitative estimate of drug-likeness (QED) is 0.847. The molecule has 1 unspecified atom stereocenters. The predicted octanol–water partition coefficient (Wildman–Crippen LogP) is 3.24. The van der Waals surface area contributed by atoms with Crippen LogP contribution in [0.1, 0.15) is 72.1 Å². The van der Waals surface area contributed by atoms with Crippen molar-refractivity contribution in [2.45, 2.75) is 108 Å². The standard InChI is InChI=1S/C18H31NO4/c1-18(2,3)23-17(21)19-12-4-5-13(19)11-16(10-12)22-15-8-6-14(20)7-9-15/h12-16,20H,4-11H2,1-3H3/t12-,13+,14?,15?,16?. The molecule has 23 heavy (non-hydrogen) atoms. The summed E-state index contributed by atoms with van der Waals surface area (Å²) in [4.78, 5) is 14.4. The zero-order chi connectivity index (χ0) is 16.6. The number of hydrogen-bond donors (Lipinski definition) is 1. The lowest BCUT2D eigenvalue weighted by Gasteiger charge is -2.40. The van der Waals surface area contributed by atoms with Crippen LogP contribution in [-0.4, -0.2) is 52.1 Å². The first-order valence-corrected chi connectivity index (χ1v) is 9.16. The van der Waals surface area contributed by atoms with Gasteiger partial charge in [0.25, 0.3) is 0 Å². The summed E-state index contributed by atoms with van der Waals surface area (Å²) in [6.07, 6.45) is 7.85. The minimum Gasteiger partial charge on any atom is -0.444 e. The van der Waals surface area contributed by atoms with Crippen LogP contribution >= 0.6 is 0 Å². The number of rotatable bonds is 2. The monoisotopic (exact) mass is 325 g/mol. The summed E-state index contributed by atoms with van der Waals surface area (Å²) < 4.78 is 11.9. The number of amides is 1. The van der Waals surface area contributed by atoms with Gasteiger partial charge >= 0.3 is 6.09 Å². The number of aliphatic hydroxyl groups is 1. The Bertz CT molecular complexity index is 411. The Morgan fingerprint density at radius 1 is 0.957 bits per heavy atom. The number of nitrogens with zero attached hydrogens (tertiary/aromatic N) is 1. The van der Waals surface area contributed by atoms with E-state index in [9.17, 15) is 9.90 Å². The van der Waals surface area contributed by atoms with Crippen molar-refractivity contribution in [1.82, 2.24) is 4.90 Å². The molecule has 0 aromatic rings. The van der Waals surface area contributed by atoms with E-state index in [1.807, 2.05) is 25.7 Å². The topological polar surface area (TPSA) is 59.0 Å². The van der Waals surface area contributed by atoms with Crippen molar-refractivity contribution in [2.75, 3.05) is 0 Å². The summed E-state index contributed by atoms with van der Waals surface area (Å²) in [6.45, 7) is 5.75. The molecule has 3 atom stereocenters. The second kappa shape index (κ2) is 6.60. The maximum atomic E-state index is 12.4. The maximum Gasteiger partial charge on any atom is 0.410 e. The van der Waals surface area contributed by atoms with Crippen LogP contribution in [-0.2, 0) is 9.47 Å². The Balaban J connectivity index is 1.53. The van der Waals surface area contributed by atoms with E-state index in [2.05, 4.69) is 0 Å². The van der Waals surface area contributed by atoms with Gasteiger partial charge in [-0.15, -0.1) is 0 Å². The number of ether oxygens (including phenoxy) is 2. The average molecular weight is 325 g/mol. The van der Waals surface area contributed by atoms with Gasteiger partial charge in [0.1, 0.15) is 5.60 Å². The van der Waals surface area contributed by atoms with Gasteiger partial charge in [-0.25, -0.2) is 4.79 Å². The summed E-state index contributed by atoms with van der Waals surface area (Å²) in [5.41, 5.74) is -0.438. The molecule has 0 aromatic heterocycles. The largest absolute Gasteiger partial charge is 0.444 e. The van der Waals surface area contributed by atoms with Crippen LogP contribution in [0.5, 0.6) is 0 Å². The highest BCUT2D eigenvalue weighted by molar-refractivity contribution is 5.69. The van der Waals surface area contributed by atoms with E-state index in [1.54, 1.807) is 0 Å². The highest BCUT2D eigenvalue weighted by Gasteiger charge is 2.45. The zero-order valence-electron chi connectivity index (χ0n) is 14.7. The van der Waals surface area contributed by atoms with E-state index in [-0.39, 0.29) is 36.5 Å². The number of hydrogen-bond acceptors (Lipinski definition) is 4. The summed E-state index contributed by atoms with van der Waals surface area (Å²) in [5.74, 6) is 0. The van der Waals surface area contributed by atoms with Crippen LogP contribution < -0.4 is 0 Å². The molecule has 3 rings (SSSR count). The molecule has 2 aliphatic heterocycles. The van der Waals surface area contributed by atoms with Gasteiger partial charge < -0.3 is 19.5 Å². The highest BCUT2D eigenvalue weighted by Crippen LogP contribution is 2.39. The molecular weight excluding hydrogens is 294 g/mol. The summed E-state index contributed by atoms with van der Waals surface area (Å²) in [5, 5.41) is 9.60. The van der Waals surface area contributed by atoms with Crippen LogP contribution in [0.4, 0.5) is 4.79 Å². The second-order valence-corrected chi connectivity index (χ2v) is 8.43. The van der Waals surface area contributed by atoms with E-state index in [0.29, 0.717) is 0 Å². The number of carbonyl (C=O) groups is 1. The van der Waals surface area contributed by atoms with Crippen molar-refractivity contribution < 1.29 is 19.4 Å². The minimum atomic E-state index is -0.438. The molecule has 3 aliphatic rings. The molecule has 1 N–H and O–H groups in total. The fourth-order valence-electron chi connectivity index (χ4n) is 4.30. The van der Waals surface area contributed by atoms with Crippen LogP contribution in [0.2, 0.25) is 0 Å². The van der Waals surface area contributed by atoms with Gasteiger partial charge in [0.2, 0.25) is 0 Å². The molecule has 0 spiro atoms. The lowest BCUT2D eigenvalue weighted by atomic mass is 9.94. The Morgan fingerprint density at radius 2 is 1.52 bits per heavy atom. The molecule has 132 valence electrons. The summed E-state index contributed by atoms with van der Waals surface area (Å²) in [6, 6.07) is 0.533. The van der Waals surface area contributed by atoms with E-state index >= 15 is 0 Å². The van der Waals surface area contributed by atoms with E-state index in [4.69, 9.17) is 9.47 Å². The lowest BCUT2D eigenvalue weighted by Crippen LogP contribution is -2.50. The molecular formula is C18H31NO4. The van der Waals surface area contributed by atoms with E-state index in [1.165, 1.54) is 0 Å². The fourth-order valence-corrected chi connectivity index (χ4v) is 4.30. The van der Waals surface area contributed by atoms with Crippen molar-refractivity contribution in [2.24, 2.45) is 0 Å². The van der Waals surface area contributed by atoms with Gasteiger partial charge in [-0.05, 0) is 72.1 Å². The molecule has 3 fully saturated rings. The van der Waals surface area contributed by atoms with Gasteiger partial charge in [-0.3, -0.25) is 0 Å². The molecule has 1 saturated carbocycles. The van der Waals surface area contributed by atoms with Crippen molar-refractivity contribution >= 4 is 6.09 Å². The smallest absolute Gasteiger partial charge is 0.410 e. The van der Waals surface area contributed by atoms with Crippen LogP contribution in [0.15, 0.2) is 0 Å². The molecule has 1 amide bonds. The average Bonchev–Trinajstić information content (AvgIpc) is 2.72. The first-order valence-electron chi connectivity index (χ1n) is 9.16. The SMILES string of the molecule is CC(C)(C)OC(=O)N1[C@@H]2CC[C@H]1CC(OC1CCC(O)CC1)C2. The van der Waals surface area contributed by atoms with Crippen molar-refractivity contribution in [3.63, 3.8) is 0 Å². The second-order valence-electron chi connectivity index (χ2n) is 8.43. The Kier molecular flexibility index (Phi) is 4.88. The van der Waals surface area contributed by atoms with Gasteiger partial charge in [0.05, 0.1) is 18.3 Å². The minimum absolute atomic E-state index is 0.139. The zero-order valence-corrected chi connectivity index (χ0v) is 14.7. The molecule has 0 radical (unpaired) electrons. The predicted molar refractivity (Wildman–Crippen MR) is 87.3 cm³/mol. The lowest BCUT2D eigenvalue weighted by molar-refractivity contribution is -0.0829. The first-order chi connectivity index (χ1) is 10.8. The van der Waals surface area contributed by atoms with Gasteiger partial charge in [0.15, 0.2) is 0 Å². The summed E-state index contributed by atoms with van der Waals surface area (Å²) >= 11 is 0. The van der Waals surface area contributed by atoms with Crippen molar-refractivity contribution in [1.29, 1.82) is 0 Å². The Labute approximate surface area is 139 Å². The van der Waals surface area contributed by atoms with Gasteiger partial charge in [0, 0.05) is 12.1 Å². The number of aliphatic hydroxyl groups excluding tert-OH is 1. The third-order valence-corrected chi connectivity index (χ3v) is 5.32. The maximum absolute atomic E-state index is 12.4. The first kappa shape index (κ1) is 17.0. The molecule has 2 bridgehead atoms. The molecule has 0 aromatic carbocycles. The van der Waals surface area contributed by atoms with E-state index in [0.717, 1.165) is 51.4 Å². The molecule has 5 nitrogen and oxygen atoms in total. The van der Waals surface area contributed by atoms with Crippen LogP contribution in [0.3, 0.4) is 0 Å².